The molecule has 5 aromatic rings. The van der Waals surface area contributed by atoms with E-state index < -0.39 is 11.5 Å². The van der Waals surface area contributed by atoms with Gasteiger partial charge < -0.3 is 20.4 Å². The van der Waals surface area contributed by atoms with Crippen LogP contribution in [0.1, 0.15) is 52.0 Å². The summed E-state index contributed by atoms with van der Waals surface area (Å²) in [6.07, 6.45) is 6.29. The molecule has 9 nitrogen and oxygen atoms in total. The monoisotopic (exact) mass is 627 g/mol. The summed E-state index contributed by atoms with van der Waals surface area (Å²) in [4.78, 5) is 28.1. The Balaban J connectivity index is 1.10. The highest BCUT2D eigenvalue weighted by Crippen LogP contribution is 2.45. The maximum Gasteiger partial charge on any atom is 0.264 e. The van der Waals surface area contributed by atoms with E-state index >= 15 is 0 Å². The van der Waals surface area contributed by atoms with Crippen LogP contribution >= 0.6 is 0 Å². The third-order valence-electron chi connectivity index (χ3n) is 8.67. The number of hydrogen-bond donors (Lipinski definition) is 3. The molecule has 3 atom stereocenters. The van der Waals surface area contributed by atoms with E-state index in [4.69, 9.17) is 0 Å². The molecule has 2 amide bonds. The summed E-state index contributed by atoms with van der Waals surface area (Å²) in [5.74, 6) is -1.32. The molecule has 4 aromatic carbocycles. The van der Waals surface area contributed by atoms with Gasteiger partial charge in [0.1, 0.15) is 0 Å². The first-order valence-electron chi connectivity index (χ1n) is 15.7. The lowest BCUT2D eigenvalue weighted by molar-refractivity contribution is -0.139. The Bertz CT molecular complexity index is 1860. The van der Waals surface area contributed by atoms with E-state index in [2.05, 4.69) is 15.6 Å². The molecule has 238 valence electrons. The quantitative estimate of drug-likeness (QED) is 0.153. The molecule has 3 N–H and O–H groups in total. The second kappa shape index (κ2) is 13.9. The normalized spacial score (nSPS) is 17.1. The minimum atomic E-state index is -1.72. The van der Waals surface area contributed by atoms with Crippen LogP contribution in [0.2, 0.25) is 0 Å². The second-order valence-corrected chi connectivity index (χ2v) is 11.7. The number of hydrogen-bond acceptors (Lipinski definition) is 6. The van der Waals surface area contributed by atoms with E-state index in [0.717, 1.165) is 11.1 Å². The zero-order valence-electron chi connectivity index (χ0n) is 26.1. The molecule has 9 heteroatoms. The van der Waals surface area contributed by atoms with Gasteiger partial charge in [0, 0.05) is 35.5 Å². The summed E-state index contributed by atoms with van der Waals surface area (Å²) >= 11 is 0. The van der Waals surface area contributed by atoms with Crippen molar-refractivity contribution in [2.24, 2.45) is 5.92 Å². The lowest BCUT2D eigenvalue weighted by atomic mass is 9.83. The number of benzene rings is 4. The molecule has 1 unspecified atom stereocenters. The van der Waals surface area contributed by atoms with Crippen LogP contribution in [-0.2, 0) is 23.5 Å². The van der Waals surface area contributed by atoms with Crippen molar-refractivity contribution in [3.05, 3.63) is 155 Å². The van der Waals surface area contributed by atoms with Crippen molar-refractivity contribution >= 4 is 23.2 Å². The first-order valence-corrected chi connectivity index (χ1v) is 15.7. The highest BCUT2D eigenvalue weighted by Gasteiger charge is 2.52. The number of aliphatic hydroxyl groups excluding tert-OH is 1. The van der Waals surface area contributed by atoms with Crippen molar-refractivity contribution in [1.29, 1.82) is 0 Å². The van der Waals surface area contributed by atoms with E-state index in [1.165, 1.54) is 0 Å². The number of aromatic nitrogens is 3. The Morgan fingerprint density at radius 1 is 0.936 bits per heavy atom. The fourth-order valence-corrected chi connectivity index (χ4v) is 6.01. The van der Waals surface area contributed by atoms with Gasteiger partial charge in [-0.15, -0.1) is 5.10 Å². The van der Waals surface area contributed by atoms with E-state index in [1.54, 1.807) is 27.8 Å². The Hall–Kier alpha value is -5.38. The number of carbonyl (C=O) groups is 2. The summed E-state index contributed by atoms with van der Waals surface area (Å²) in [5.41, 5.74) is 3.29. The van der Waals surface area contributed by atoms with Gasteiger partial charge in [-0.3, -0.25) is 14.3 Å². The Morgan fingerprint density at radius 2 is 1.62 bits per heavy atom. The summed E-state index contributed by atoms with van der Waals surface area (Å²) < 4.78 is 1.74. The molecule has 2 heterocycles. The van der Waals surface area contributed by atoms with Crippen LogP contribution in [0, 0.1) is 5.92 Å². The lowest BCUT2D eigenvalue weighted by Gasteiger charge is -2.27. The van der Waals surface area contributed by atoms with Gasteiger partial charge >= 0.3 is 0 Å². The summed E-state index contributed by atoms with van der Waals surface area (Å²) in [7, 11) is 0. The summed E-state index contributed by atoms with van der Waals surface area (Å²) in [5, 5.41) is 33.3. The number of rotatable bonds is 12. The maximum atomic E-state index is 13.9. The predicted molar refractivity (Wildman–Crippen MR) is 181 cm³/mol. The minimum absolute atomic E-state index is 0.0660. The molecule has 0 spiro atoms. The van der Waals surface area contributed by atoms with Crippen LogP contribution in [0.25, 0.3) is 0 Å². The van der Waals surface area contributed by atoms with Crippen LogP contribution in [0.4, 0.5) is 11.4 Å². The van der Waals surface area contributed by atoms with E-state index in [-0.39, 0.29) is 30.9 Å². The number of allylic oxidation sites excluding steroid dienone is 1. The number of nitrogens with one attached hydrogen (secondary N) is 1. The molecule has 0 bridgehead atoms. The zero-order valence-corrected chi connectivity index (χ0v) is 26.1. The molecular weight excluding hydrogens is 590 g/mol. The van der Waals surface area contributed by atoms with E-state index in [9.17, 15) is 19.8 Å². The van der Waals surface area contributed by atoms with Gasteiger partial charge in [-0.05, 0) is 47.9 Å². The minimum Gasteiger partial charge on any atom is -0.395 e. The average Bonchev–Trinajstić information content (AvgIpc) is 3.66. The van der Waals surface area contributed by atoms with Crippen LogP contribution in [0.5, 0.6) is 0 Å². The van der Waals surface area contributed by atoms with Crippen molar-refractivity contribution in [1.82, 2.24) is 15.0 Å². The molecule has 0 radical (unpaired) electrons. The number of aryl methyl sites for hydroxylation is 1. The van der Waals surface area contributed by atoms with Crippen LogP contribution in [0.15, 0.2) is 128 Å². The topological polar surface area (TPSA) is 121 Å². The third-order valence-corrected chi connectivity index (χ3v) is 8.67. The van der Waals surface area contributed by atoms with Crippen LogP contribution in [-0.4, -0.2) is 43.6 Å². The number of fused-ring (bicyclic) bond motifs is 1. The standard InChI is InChI=1S/C38H37N5O4/c1-27(12-10-11-23-42-25-34(40-41-42)32(26-44)29-13-4-2-5-14-29)38(47)33-17-8-9-18-35(33)43(37(38)46)24-28-19-21-31(22-20-28)39-36(45)30-15-6-3-7-16-30/h2-10,12-22,25,27,32,44,47H,11,23-24,26H2,1H3,(H,39,45)/b12-10+/t27-,32?,38+/m1/s1. The lowest BCUT2D eigenvalue weighted by Crippen LogP contribution is -2.44. The first-order chi connectivity index (χ1) is 22.9. The van der Waals surface area contributed by atoms with Gasteiger partial charge in [0.25, 0.3) is 11.8 Å². The van der Waals surface area contributed by atoms with Crippen molar-refractivity contribution in [2.45, 2.75) is 38.0 Å². The highest BCUT2D eigenvalue weighted by molar-refractivity contribution is 6.07. The van der Waals surface area contributed by atoms with Crippen molar-refractivity contribution in [2.75, 3.05) is 16.8 Å². The molecular formula is C38H37N5O4. The number of carbonyl (C=O) groups excluding carboxylic acids is 2. The third kappa shape index (κ3) is 6.63. The van der Waals surface area contributed by atoms with E-state index in [1.807, 2.05) is 116 Å². The van der Waals surface area contributed by atoms with Crippen molar-refractivity contribution in [3.63, 3.8) is 0 Å². The molecule has 1 aliphatic rings. The molecule has 1 aromatic heterocycles. The van der Waals surface area contributed by atoms with Gasteiger partial charge in [0.2, 0.25) is 0 Å². The molecule has 47 heavy (non-hydrogen) atoms. The predicted octanol–water partition coefficient (Wildman–Crippen LogP) is 5.67. The van der Waals surface area contributed by atoms with Gasteiger partial charge in [-0.2, -0.15) is 0 Å². The fraction of sp³-hybridized carbons (Fsp3) is 0.211. The highest BCUT2D eigenvalue weighted by atomic mass is 16.3. The maximum absolute atomic E-state index is 13.9. The molecule has 0 saturated carbocycles. The van der Waals surface area contributed by atoms with Gasteiger partial charge in [0.15, 0.2) is 5.60 Å². The Kier molecular flexibility index (Phi) is 9.37. The fourth-order valence-electron chi connectivity index (χ4n) is 6.01. The number of anilines is 2. The van der Waals surface area contributed by atoms with Gasteiger partial charge in [-0.25, -0.2) is 0 Å². The summed E-state index contributed by atoms with van der Waals surface area (Å²) in [6.45, 7) is 2.61. The molecule has 0 saturated heterocycles. The Morgan fingerprint density at radius 3 is 2.34 bits per heavy atom. The first kappa shape index (κ1) is 31.6. The van der Waals surface area contributed by atoms with Crippen LogP contribution < -0.4 is 10.2 Å². The number of aliphatic hydroxyl groups is 2. The van der Waals surface area contributed by atoms with Gasteiger partial charge in [0.05, 0.1) is 30.5 Å². The number of para-hydroxylation sites is 1. The summed E-state index contributed by atoms with van der Waals surface area (Å²) in [6, 6.07) is 33.4. The van der Waals surface area contributed by atoms with Gasteiger partial charge in [-0.1, -0.05) is 103 Å². The SMILES string of the molecule is C[C@H](/C=C/CCn1cc(C(CO)c2ccccc2)nn1)[C@@]1(O)C(=O)N(Cc2ccc(NC(=O)c3ccccc3)cc2)c2ccccc21. The van der Waals surface area contributed by atoms with E-state index in [0.29, 0.717) is 41.2 Å². The second-order valence-electron chi connectivity index (χ2n) is 11.7. The Labute approximate surface area is 273 Å². The number of nitrogens with zero attached hydrogens (tertiary/aromatic N) is 4. The molecule has 1 aliphatic heterocycles. The van der Waals surface area contributed by atoms with Crippen molar-refractivity contribution < 1.29 is 19.8 Å². The molecule has 0 fully saturated rings. The molecule has 6 rings (SSSR count). The largest absolute Gasteiger partial charge is 0.395 e. The van der Waals surface area contributed by atoms with Crippen LogP contribution in [0.3, 0.4) is 0 Å². The van der Waals surface area contributed by atoms with Crippen molar-refractivity contribution in [3.8, 4) is 0 Å². The average molecular weight is 628 g/mol. The molecule has 0 aliphatic carbocycles. The zero-order chi connectivity index (χ0) is 32.8. The smallest absolute Gasteiger partial charge is 0.264 e. The number of amides is 2.